The molecule has 43 heavy (non-hydrogen) atoms. The minimum Gasteiger partial charge on any atom is -0.455 e. The molecule has 0 atom stereocenters. The van der Waals surface area contributed by atoms with Crippen molar-refractivity contribution >= 4 is 21.9 Å². The van der Waals surface area contributed by atoms with Gasteiger partial charge in [-0.25, -0.2) is 15.0 Å². The van der Waals surface area contributed by atoms with Crippen LogP contribution in [0, 0.1) is 0 Å². The van der Waals surface area contributed by atoms with Gasteiger partial charge in [0.25, 0.3) is 0 Å². The molecule has 4 heteroatoms. The summed E-state index contributed by atoms with van der Waals surface area (Å²) in [5.74, 6) is 1.81. The summed E-state index contributed by atoms with van der Waals surface area (Å²) in [5.41, 5.74) is 8.72. The standard InChI is InChI=1S/C39H25N3O/c1-5-14-26(15-6-1)30-24-33(27-16-7-2-8-17-27)36-34(25-30)31-22-13-23-32(35(31)43-36)39-41-37(28-18-9-3-10-19-28)40-38(42-39)29-20-11-4-12-21-29/h1-25H. The SMILES string of the molecule is c1ccc(-c2cc(-c3ccccc3)c3oc4c(-c5nc(-c6ccccc6)nc(-c6ccccc6)n5)cccc4c3c2)cc1. The van der Waals surface area contributed by atoms with Crippen LogP contribution in [-0.2, 0) is 0 Å². The topological polar surface area (TPSA) is 51.8 Å². The molecule has 0 aliphatic heterocycles. The Hall–Kier alpha value is -5.87. The number of furan rings is 1. The molecule has 8 aromatic rings. The minimum atomic E-state index is 0.571. The molecular formula is C39H25N3O. The molecule has 8 rings (SSSR count). The van der Waals surface area contributed by atoms with Crippen molar-refractivity contribution in [1.29, 1.82) is 0 Å². The Labute approximate surface area is 249 Å². The average molecular weight is 552 g/mol. The monoisotopic (exact) mass is 551 g/mol. The zero-order chi connectivity index (χ0) is 28.6. The van der Waals surface area contributed by atoms with E-state index in [1.807, 2.05) is 78.9 Å². The van der Waals surface area contributed by atoms with Crippen molar-refractivity contribution < 1.29 is 4.42 Å². The van der Waals surface area contributed by atoms with Crippen LogP contribution in [0.15, 0.2) is 156 Å². The van der Waals surface area contributed by atoms with E-state index in [0.717, 1.165) is 60.9 Å². The summed E-state index contributed by atoms with van der Waals surface area (Å²) >= 11 is 0. The fraction of sp³-hybridized carbons (Fsp3) is 0. The van der Waals surface area contributed by atoms with Gasteiger partial charge in [0.1, 0.15) is 11.2 Å². The zero-order valence-electron chi connectivity index (χ0n) is 23.2. The van der Waals surface area contributed by atoms with Crippen molar-refractivity contribution in [2.24, 2.45) is 0 Å². The fourth-order valence-corrected chi connectivity index (χ4v) is 5.63. The molecule has 0 saturated heterocycles. The van der Waals surface area contributed by atoms with E-state index < -0.39 is 0 Å². The highest BCUT2D eigenvalue weighted by Gasteiger charge is 2.20. The van der Waals surface area contributed by atoms with Gasteiger partial charge in [0.2, 0.25) is 0 Å². The van der Waals surface area contributed by atoms with E-state index in [2.05, 4.69) is 72.8 Å². The summed E-state index contributed by atoms with van der Waals surface area (Å²) in [4.78, 5) is 14.8. The van der Waals surface area contributed by atoms with Crippen molar-refractivity contribution in [3.63, 3.8) is 0 Å². The lowest BCUT2D eigenvalue weighted by atomic mass is 9.95. The maximum absolute atomic E-state index is 6.81. The molecular weight excluding hydrogens is 526 g/mol. The number of hydrogen-bond acceptors (Lipinski definition) is 4. The largest absolute Gasteiger partial charge is 0.455 e. The molecule has 0 spiro atoms. The van der Waals surface area contributed by atoms with Gasteiger partial charge in [-0.2, -0.15) is 0 Å². The number of benzene rings is 6. The van der Waals surface area contributed by atoms with Crippen LogP contribution in [0.4, 0.5) is 0 Å². The Morgan fingerprint density at radius 1 is 0.326 bits per heavy atom. The quantitative estimate of drug-likeness (QED) is 0.214. The van der Waals surface area contributed by atoms with E-state index in [-0.39, 0.29) is 0 Å². The van der Waals surface area contributed by atoms with Crippen molar-refractivity contribution in [3.05, 3.63) is 152 Å². The lowest BCUT2D eigenvalue weighted by molar-refractivity contribution is 0.670. The highest BCUT2D eigenvalue weighted by molar-refractivity contribution is 6.14. The van der Waals surface area contributed by atoms with Gasteiger partial charge in [0.15, 0.2) is 17.5 Å². The molecule has 6 aromatic carbocycles. The Kier molecular flexibility index (Phi) is 6.08. The maximum atomic E-state index is 6.81. The zero-order valence-corrected chi connectivity index (χ0v) is 23.2. The van der Waals surface area contributed by atoms with Crippen molar-refractivity contribution in [1.82, 2.24) is 15.0 Å². The molecule has 2 aromatic heterocycles. The van der Waals surface area contributed by atoms with Gasteiger partial charge in [-0.05, 0) is 34.9 Å². The van der Waals surface area contributed by atoms with Crippen LogP contribution < -0.4 is 0 Å². The summed E-state index contributed by atoms with van der Waals surface area (Å²) < 4.78 is 6.81. The molecule has 0 aliphatic rings. The van der Waals surface area contributed by atoms with E-state index in [1.165, 1.54) is 0 Å². The van der Waals surface area contributed by atoms with Crippen LogP contribution in [0.5, 0.6) is 0 Å². The normalized spacial score (nSPS) is 11.3. The molecule has 0 N–H and O–H groups in total. The van der Waals surface area contributed by atoms with Gasteiger partial charge in [-0.15, -0.1) is 0 Å². The van der Waals surface area contributed by atoms with Gasteiger partial charge in [-0.1, -0.05) is 133 Å². The lowest BCUT2D eigenvalue weighted by Crippen LogP contribution is -2.00. The van der Waals surface area contributed by atoms with Gasteiger partial charge < -0.3 is 4.42 Å². The van der Waals surface area contributed by atoms with Crippen LogP contribution in [0.2, 0.25) is 0 Å². The maximum Gasteiger partial charge on any atom is 0.167 e. The van der Waals surface area contributed by atoms with E-state index >= 15 is 0 Å². The predicted molar refractivity (Wildman–Crippen MR) is 174 cm³/mol. The molecule has 202 valence electrons. The second kappa shape index (κ2) is 10.5. The van der Waals surface area contributed by atoms with Crippen LogP contribution in [0.3, 0.4) is 0 Å². The third kappa shape index (κ3) is 4.55. The molecule has 0 saturated carbocycles. The van der Waals surface area contributed by atoms with E-state index in [0.29, 0.717) is 17.5 Å². The predicted octanol–water partition coefficient (Wildman–Crippen LogP) is 10.1. The van der Waals surface area contributed by atoms with Crippen molar-refractivity contribution in [2.45, 2.75) is 0 Å². The van der Waals surface area contributed by atoms with E-state index in [4.69, 9.17) is 19.4 Å². The lowest BCUT2D eigenvalue weighted by Gasteiger charge is -2.08. The van der Waals surface area contributed by atoms with Gasteiger partial charge in [0.05, 0.1) is 5.56 Å². The van der Waals surface area contributed by atoms with E-state index in [9.17, 15) is 0 Å². The fourth-order valence-electron chi connectivity index (χ4n) is 5.63. The average Bonchev–Trinajstić information content (AvgIpc) is 3.48. The van der Waals surface area contributed by atoms with Crippen LogP contribution in [0.1, 0.15) is 0 Å². The molecule has 0 unspecified atom stereocenters. The Bertz CT molecular complexity index is 2150. The molecule has 0 amide bonds. The van der Waals surface area contributed by atoms with E-state index in [1.54, 1.807) is 0 Å². The van der Waals surface area contributed by atoms with Crippen LogP contribution in [-0.4, -0.2) is 15.0 Å². The first-order chi connectivity index (χ1) is 21.3. The molecule has 4 nitrogen and oxygen atoms in total. The molecule has 0 fully saturated rings. The molecule has 0 bridgehead atoms. The number of nitrogens with zero attached hydrogens (tertiary/aromatic N) is 3. The number of rotatable bonds is 5. The summed E-state index contributed by atoms with van der Waals surface area (Å²) in [7, 11) is 0. The summed E-state index contributed by atoms with van der Waals surface area (Å²) in [6.07, 6.45) is 0. The van der Waals surface area contributed by atoms with Crippen molar-refractivity contribution in [2.75, 3.05) is 0 Å². The molecule has 0 radical (unpaired) electrons. The summed E-state index contributed by atoms with van der Waals surface area (Å²) in [6, 6.07) is 51.6. The highest BCUT2D eigenvalue weighted by atomic mass is 16.3. The van der Waals surface area contributed by atoms with Gasteiger partial charge in [-0.3, -0.25) is 0 Å². The van der Waals surface area contributed by atoms with Crippen LogP contribution in [0.25, 0.3) is 78.4 Å². The Morgan fingerprint density at radius 3 is 1.40 bits per heavy atom. The number of para-hydroxylation sites is 1. The van der Waals surface area contributed by atoms with Gasteiger partial charge in [0, 0.05) is 27.5 Å². The third-order valence-electron chi connectivity index (χ3n) is 7.73. The number of aromatic nitrogens is 3. The molecule has 2 heterocycles. The Morgan fingerprint density at radius 2 is 0.814 bits per heavy atom. The van der Waals surface area contributed by atoms with Gasteiger partial charge >= 0.3 is 0 Å². The molecule has 0 aliphatic carbocycles. The summed E-state index contributed by atoms with van der Waals surface area (Å²) in [6.45, 7) is 0. The second-order valence-electron chi connectivity index (χ2n) is 10.5. The first kappa shape index (κ1) is 24.9. The first-order valence-corrected chi connectivity index (χ1v) is 14.3. The Balaban J connectivity index is 1.40. The smallest absolute Gasteiger partial charge is 0.167 e. The minimum absolute atomic E-state index is 0.571. The van der Waals surface area contributed by atoms with Crippen molar-refractivity contribution in [3.8, 4) is 56.4 Å². The highest BCUT2D eigenvalue weighted by Crippen LogP contribution is 2.42. The number of hydrogen-bond donors (Lipinski definition) is 0. The second-order valence-corrected chi connectivity index (χ2v) is 10.5. The van der Waals surface area contributed by atoms with Crippen LogP contribution >= 0.6 is 0 Å². The third-order valence-corrected chi connectivity index (χ3v) is 7.73. The first-order valence-electron chi connectivity index (χ1n) is 14.3. The summed E-state index contributed by atoms with van der Waals surface area (Å²) in [5, 5.41) is 2.07. The number of fused-ring (bicyclic) bond motifs is 3.